The third-order valence-electron chi connectivity index (χ3n) is 2.16. The van der Waals surface area contributed by atoms with Gasteiger partial charge in [0.1, 0.15) is 0 Å². The molecule has 0 atom stereocenters. The molecule has 1 aromatic rings. The standard InChI is InChI=1S/C8H14N6S.HI/c1-4-15-8-10-6(9)5-7(13(8)2)12-14(3)11-5;/h11H,4H2,1-3H3,(H2,9,12);1H. The molecule has 0 aromatic carbocycles. The number of rotatable bonds is 2. The molecule has 16 heavy (non-hydrogen) atoms. The van der Waals surface area contributed by atoms with E-state index in [1.54, 1.807) is 16.9 Å². The smallest absolute Gasteiger partial charge is 0.300 e. The van der Waals surface area contributed by atoms with E-state index in [9.17, 15) is 0 Å². The van der Waals surface area contributed by atoms with Crippen molar-refractivity contribution in [1.29, 1.82) is 0 Å². The molecule has 1 aliphatic rings. The van der Waals surface area contributed by atoms with Gasteiger partial charge in [-0.3, -0.25) is 5.43 Å². The van der Waals surface area contributed by atoms with Gasteiger partial charge >= 0.3 is 5.16 Å². The number of hydrazine groups is 2. The third kappa shape index (κ3) is 2.28. The molecule has 8 heteroatoms. The summed E-state index contributed by atoms with van der Waals surface area (Å²) in [5.74, 6) is 2.44. The minimum Gasteiger partial charge on any atom is -1.00 e. The molecule has 0 saturated carbocycles. The number of nitrogens with zero attached hydrogens (tertiary/aromatic N) is 3. The highest BCUT2D eigenvalue weighted by Crippen LogP contribution is 2.30. The van der Waals surface area contributed by atoms with E-state index in [0.29, 0.717) is 5.82 Å². The maximum Gasteiger partial charge on any atom is 0.300 e. The van der Waals surface area contributed by atoms with E-state index in [4.69, 9.17) is 5.73 Å². The Balaban J connectivity index is 0.00000128. The molecule has 90 valence electrons. The predicted octanol–water partition coefficient (Wildman–Crippen LogP) is -2.80. The van der Waals surface area contributed by atoms with Crippen molar-refractivity contribution in [2.24, 2.45) is 7.05 Å². The number of hydrogen-bond acceptors (Lipinski definition) is 6. The summed E-state index contributed by atoms with van der Waals surface area (Å²) in [7, 11) is 3.85. The highest BCUT2D eigenvalue weighted by Gasteiger charge is 2.29. The Morgan fingerprint density at radius 2 is 2.19 bits per heavy atom. The van der Waals surface area contributed by atoms with E-state index < -0.39 is 0 Å². The molecule has 0 fully saturated rings. The second kappa shape index (κ2) is 5.23. The Morgan fingerprint density at radius 3 is 2.81 bits per heavy atom. The van der Waals surface area contributed by atoms with Crippen LogP contribution in [0.15, 0.2) is 5.16 Å². The van der Waals surface area contributed by atoms with Crippen LogP contribution in [0.5, 0.6) is 0 Å². The molecule has 0 radical (unpaired) electrons. The van der Waals surface area contributed by atoms with Crippen LogP contribution in [0.4, 0.5) is 17.3 Å². The maximum atomic E-state index is 5.87. The van der Waals surface area contributed by atoms with Gasteiger partial charge in [0, 0.05) is 12.8 Å². The Hall–Kier alpha value is -0.480. The number of nitrogens with two attached hydrogens (primary N) is 1. The Labute approximate surface area is 116 Å². The van der Waals surface area contributed by atoms with Gasteiger partial charge < -0.3 is 29.7 Å². The second-order valence-electron chi connectivity index (χ2n) is 3.28. The summed E-state index contributed by atoms with van der Waals surface area (Å²) < 4.78 is 2.00. The summed E-state index contributed by atoms with van der Waals surface area (Å²) in [5, 5.41) is 2.67. The SMILES string of the molecule is CCSc1nc(N)c2c([n+]1C)NN(C)N2.[I-]. The quantitative estimate of drug-likeness (QED) is 0.231. The summed E-state index contributed by atoms with van der Waals surface area (Å²) in [6.45, 7) is 2.09. The molecule has 6 nitrogen and oxygen atoms in total. The summed E-state index contributed by atoms with van der Waals surface area (Å²) in [6, 6.07) is 0. The molecule has 0 amide bonds. The van der Waals surface area contributed by atoms with Gasteiger partial charge in [-0.05, 0) is 0 Å². The molecule has 0 bridgehead atoms. The van der Waals surface area contributed by atoms with Gasteiger partial charge in [0.05, 0.1) is 7.05 Å². The molecule has 1 aromatic heterocycles. The number of nitrogens with one attached hydrogen (secondary N) is 2. The predicted molar refractivity (Wildman–Crippen MR) is 61.2 cm³/mol. The van der Waals surface area contributed by atoms with Crippen molar-refractivity contribution in [2.45, 2.75) is 12.1 Å². The fourth-order valence-electron chi connectivity index (χ4n) is 1.47. The first kappa shape index (κ1) is 13.6. The lowest BCUT2D eigenvalue weighted by atomic mass is 10.4. The van der Waals surface area contributed by atoms with E-state index in [1.165, 1.54) is 0 Å². The van der Waals surface area contributed by atoms with Crippen LogP contribution in [0.1, 0.15) is 6.92 Å². The van der Waals surface area contributed by atoms with Crippen molar-refractivity contribution in [3.63, 3.8) is 0 Å². The van der Waals surface area contributed by atoms with Crippen molar-refractivity contribution in [3.05, 3.63) is 0 Å². The fourth-order valence-corrected chi connectivity index (χ4v) is 2.18. The van der Waals surface area contributed by atoms with E-state index in [2.05, 4.69) is 22.8 Å². The highest BCUT2D eigenvalue weighted by atomic mass is 127. The molecule has 2 rings (SSSR count). The van der Waals surface area contributed by atoms with Crippen molar-refractivity contribution < 1.29 is 28.5 Å². The average Bonchev–Trinajstić information content (AvgIpc) is 2.57. The van der Waals surface area contributed by atoms with Crippen LogP contribution in [-0.4, -0.2) is 22.9 Å². The van der Waals surface area contributed by atoms with Gasteiger partial charge in [0.25, 0.3) is 5.82 Å². The second-order valence-corrected chi connectivity index (χ2v) is 4.51. The molecule has 2 heterocycles. The topological polar surface area (TPSA) is 70.1 Å². The van der Waals surface area contributed by atoms with E-state index in [1.807, 2.05) is 18.7 Å². The van der Waals surface area contributed by atoms with E-state index >= 15 is 0 Å². The lowest BCUT2D eigenvalue weighted by Crippen LogP contribution is -3.00. The van der Waals surface area contributed by atoms with Crippen LogP contribution < -0.4 is 45.1 Å². The van der Waals surface area contributed by atoms with Gasteiger partial charge in [0.15, 0.2) is 5.69 Å². The Bertz CT molecular complexity index is 399. The summed E-state index contributed by atoms with van der Waals surface area (Å²) in [4.78, 5) is 4.34. The first-order valence-corrected chi connectivity index (χ1v) is 5.71. The normalized spacial score (nSPS) is 13.7. The van der Waals surface area contributed by atoms with Crippen LogP contribution in [0.25, 0.3) is 0 Å². The van der Waals surface area contributed by atoms with Gasteiger partial charge in [-0.1, -0.05) is 28.8 Å². The van der Waals surface area contributed by atoms with Crippen molar-refractivity contribution in [3.8, 4) is 0 Å². The van der Waals surface area contributed by atoms with Gasteiger partial charge in [-0.25, -0.2) is 9.99 Å². The number of anilines is 3. The molecule has 0 aliphatic carbocycles. The van der Waals surface area contributed by atoms with Crippen molar-refractivity contribution in [1.82, 2.24) is 10.1 Å². The minimum atomic E-state index is 0. The molecule has 4 N–H and O–H groups in total. The number of hydrogen-bond donors (Lipinski definition) is 3. The van der Waals surface area contributed by atoms with Gasteiger partial charge in [0.2, 0.25) is 5.82 Å². The average molecular weight is 354 g/mol. The number of fused-ring (bicyclic) bond motifs is 1. The molecule has 0 saturated heterocycles. The molecule has 0 spiro atoms. The minimum absolute atomic E-state index is 0. The first-order chi connectivity index (χ1) is 7.13. The van der Waals surface area contributed by atoms with Crippen LogP contribution in [0.2, 0.25) is 0 Å². The largest absolute Gasteiger partial charge is 1.00 e. The van der Waals surface area contributed by atoms with Crippen LogP contribution >= 0.6 is 11.8 Å². The number of aromatic nitrogens is 2. The van der Waals surface area contributed by atoms with Crippen LogP contribution in [0, 0.1) is 0 Å². The zero-order valence-electron chi connectivity index (χ0n) is 9.41. The summed E-state index contributed by atoms with van der Waals surface area (Å²) in [5.41, 5.74) is 12.9. The Morgan fingerprint density at radius 1 is 1.50 bits per heavy atom. The van der Waals surface area contributed by atoms with Crippen molar-refractivity contribution >= 4 is 29.1 Å². The van der Waals surface area contributed by atoms with Gasteiger partial charge in [-0.2, -0.15) is 0 Å². The Kier molecular flexibility index (Phi) is 4.44. The van der Waals surface area contributed by atoms with Crippen LogP contribution in [0.3, 0.4) is 0 Å². The van der Waals surface area contributed by atoms with E-state index in [-0.39, 0.29) is 24.0 Å². The zero-order valence-corrected chi connectivity index (χ0v) is 12.4. The zero-order chi connectivity index (χ0) is 11.0. The molecule has 1 aliphatic heterocycles. The number of halogens is 1. The van der Waals surface area contributed by atoms with E-state index in [0.717, 1.165) is 22.4 Å². The molecular weight excluding hydrogens is 339 g/mol. The van der Waals surface area contributed by atoms with Gasteiger partial charge in [-0.15, -0.1) is 0 Å². The maximum absolute atomic E-state index is 5.87. The molecular formula is C8H15IN6S. The summed E-state index contributed by atoms with van der Waals surface area (Å²) in [6.07, 6.45) is 0. The van der Waals surface area contributed by atoms with Crippen LogP contribution in [-0.2, 0) is 7.05 Å². The number of thioether (sulfide) groups is 1. The monoisotopic (exact) mass is 354 g/mol. The lowest BCUT2D eigenvalue weighted by Gasteiger charge is -2.04. The third-order valence-corrected chi connectivity index (χ3v) is 3.07. The highest BCUT2D eigenvalue weighted by molar-refractivity contribution is 7.99. The number of nitrogen functional groups attached to an aromatic ring is 1. The molecule has 0 unspecified atom stereocenters. The summed E-state index contributed by atoms with van der Waals surface area (Å²) >= 11 is 1.67. The first-order valence-electron chi connectivity index (χ1n) is 4.72. The lowest BCUT2D eigenvalue weighted by molar-refractivity contribution is -0.698. The van der Waals surface area contributed by atoms with Crippen molar-refractivity contribution in [2.75, 3.05) is 29.4 Å². The fraction of sp³-hybridized carbons (Fsp3) is 0.500.